The molecule has 3 fully saturated rings. The first-order valence-corrected chi connectivity index (χ1v) is 7.50. The van der Waals surface area contributed by atoms with Gasteiger partial charge < -0.3 is 16.0 Å². The van der Waals surface area contributed by atoms with E-state index < -0.39 is 0 Å². The van der Waals surface area contributed by atoms with Gasteiger partial charge in [0.05, 0.1) is 6.04 Å². The number of likely N-dealkylation sites (tertiary alicyclic amines) is 1. The van der Waals surface area contributed by atoms with E-state index in [0.717, 1.165) is 24.8 Å². The summed E-state index contributed by atoms with van der Waals surface area (Å²) in [6, 6.07) is 0.443. The van der Waals surface area contributed by atoms with Crippen molar-refractivity contribution in [3.8, 4) is 0 Å². The number of nitrogens with two attached hydrogens (primary N) is 1. The maximum absolute atomic E-state index is 11.4. The fourth-order valence-corrected chi connectivity index (χ4v) is 3.67. The number of nitrogens with one attached hydrogen (secondary N) is 1. The summed E-state index contributed by atoms with van der Waals surface area (Å²) in [6.45, 7) is 3.53. The molecule has 3 aliphatic rings. The monoisotopic (exact) mass is 251 g/mol. The van der Waals surface area contributed by atoms with Gasteiger partial charge in [-0.25, -0.2) is 0 Å². The van der Waals surface area contributed by atoms with E-state index in [1.807, 2.05) is 0 Å². The second kappa shape index (κ2) is 5.17. The van der Waals surface area contributed by atoms with Crippen molar-refractivity contribution in [3.05, 3.63) is 0 Å². The molecule has 0 aromatic rings. The molecular formula is C14H25N3O. The summed E-state index contributed by atoms with van der Waals surface area (Å²) >= 11 is 0. The first-order valence-electron chi connectivity index (χ1n) is 7.50. The van der Waals surface area contributed by atoms with Crippen LogP contribution in [-0.4, -0.2) is 42.5 Å². The average molecular weight is 251 g/mol. The van der Waals surface area contributed by atoms with Gasteiger partial charge in [-0.1, -0.05) is 6.42 Å². The predicted molar refractivity (Wildman–Crippen MR) is 71.0 cm³/mol. The summed E-state index contributed by atoms with van der Waals surface area (Å²) in [5.41, 5.74) is 5.47. The van der Waals surface area contributed by atoms with E-state index in [-0.39, 0.29) is 11.9 Å². The SMILES string of the molecule is NC(=O)C(CCN1CC2CCCC2C1)NC1CC1. The Hall–Kier alpha value is -0.610. The Balaban J connectivity index is 1.43. The van der Waals surface area contributed by atoms with Crippen LogP contribution >= 0.6 is 0 Å². The second-order valence-corrected chi connectivity index (χ2v) is 6.40. The van der Waals surface area contributed by atoms with Crippen LogP contribution in [0, 0.1) is 11.8 Å². The minimum atomic E-state index is -0.179. The van der Waals surface area contributed by atoms with Gasteiger partial charge in [0, 0.05) is 25.7 Å². The van der Waals surface area contributed by atoms with Crippen molar-refractivity contribution in [2.75, 3.05) is 19.6 Å². The number of fused-ring (bicyclic) bond motifs is 1. The summed E-state index contributed by atoms with van der Waals surface area (Å²) < 4.78 is 0. The maximum Gasteiger partial charge on any atom is 0.234 e. The molecule has 3 rings (SSSR count). The molecule has 1 saturated heterocycles. The Labute approximate surface area is 109 Å². The van der Waals surface area contributed by atoms with E-state index in [1.54, 1.807) is 0 Å². The Morgan fingerprint density at radius 2 is 1.89 bits per heavy atom. The Kier molecular flexibility index (Phi) is 3.57. The Bertz CT molecular complexity index is 304. The minimum absolute atomic E-state index is 0.113. The molecule has 0 radical (unpaired) electrons. The summed E-state index contributed by atoms with van der Waals surface area (Å²) in [7, 11) is 0. The largest absolute Gasteiger partial charge is 0.368 e. The first kappa shape index (κ1) is 12.4. The Morgan fingerprint density at radius 1 is 1.22 bits per heavy atom. The number of hydrogen-bond donors (Lipinski definition) is 2. The lowest BCUT2D eigenvalue weighted by Crippen LogP contribution is -2.44. The predicted octanol–water partition coefficient (Wildman–Crippen LogP) is 0.714. The van der Waals surface area contributed by atoms with Crippen LogP contribution in [-0.2, 0) is 4.79 Å². The molecule has 3 unspecified atom stereocenters. The lowest BCUT2D eigenvalue weighted by Gasteiger charge is -2.21. The highest BCUT2D eigenvalue weighted by Crippen LogP contribution is 2.37. The number of hydrogen-bond acceptors (Lipinski definition) is 3. The number of nitrogens with zero attached hydrogens (tertiary/aromatic N) is 1. The zero-order valence-electron chi connectivity index (χ0n) is 11.1. The molecule has 0 aromatic carbocycles. The van der Waals surface area contributed by atoms with Gasteiger partial charge in [-0.3, -0.25) is 4.79 Å². The molecule has 4 heteroatoms. The van der Waals surface area contributed by atoms with Gasteiger partial charge in [0.25, 0.3) is 0 Å². The number of amides is 1. The molecule has 3 N–H and O–H groups in total. The van der Waals surface area contributed by atoms with Crippen LogP contribution in [0.5, 0.6) is 0 Å². The maximum atomic E-state index is 11.4. The van der Waals surface area contributed by atoms with Crippen LogP contribution in [0.4, 0.5) is 0 Å². The molecule has 3 atom stereocenters. The lowest BCUT2D eigenvalue weighted by atomic mass is 10.0. The quantitative estimate of drug-likeness (QED) is 0.731. The van der Waals surface area contributed by atoms with E-state index in [9.17, 15) is 4.79 Å². The first-order chi connectivity index (χ1) is 8.72. The van der Waals surface area contributed by atoms with E-state index in [2.05, 4.69) is 10.2 Å². The fourth-order valence-electron chi connectivity index (χ4n) is 3.67. The van der Waals surface area contributed by atoms with Gasteiger partial charge in [-0.2, -0.15) is 0 Å². The third-order valence-electron chi connectivity index (χ3n) is 4.89. The summed E-state index contributed by atoms with van der Waals surface area (Å²) in [5.74, 6) is 1.70. The average Bonchev–Trinajstić information content (AvgIpc) is 2.89. The van der Waals surface area contributed by atoms with Crippen molar-refractivity contribution in [2.24, 2.45) is 17.6 Å². The number of primary amides is 1. The lowest BCUT2D eigenvalue weighted by molar-refractivity contribution is -0.120. The van der Waals surface area contributed by atoms with Gasteiger partial charge in [-0.05, 0) is 43.9 Å². The zero-order chi connectivity index (χ0) is 12.5. The van der Waals surface area contributed by atoms with Crippen LogP contribution in [0.25, 0.3) is 0 Å². The van der Waals surface area contributed by atoms with Crippen LogP contribution in [0.3, 0.4) is 0 Å². The summed E-state index contributed by atoms with van der Waals surface area (Å²) in [5, 5.41) is 3.36. The molecule has 2 aliphatic carbocycles. The van der Waals surface area contributed by atoms with Crippen molar-refractivity contribution < 1.29 is 4.79 Å². The van der Waals surface area contributed by atoms with E-state index in [1.165, 1.54) is 45.2 Å². The molecule has 18 heavy (non-hydrogen) atoms. The van der Waals surface area contributed by atoms with Crippen LogP contribution in [0.1, 0.15) is 38.5 Å². The molecule has 4 nitrogen and oxygen atoms in total. The topological polar surface area (TPSA) is 58.4 Å². The Morgan fingerprint density at radius 3 is 2.44 bits per heavy atom. The van der Waals surface area contributed by atoms with Crippen molar-refractivity contribution in [3.63, 3.8) is 0 Å². The standard InChI is InChI=1S/C14H25N3O/c15-14(18)13(16-12-4-5-12)6-7-17-8-10-2-1-3-11(10)9-17/h10-13,16H,1-9H2,(H2,15,18). The van der Waals surface area contributed by atoms with Crippen LogP contribution in [0.15, 0.2) is 0 Å². The highest BCUT2D eigenvalue weighted by Gasteiger charge is 2.36. The molecule has 0 spiro atoms. The third-order valence-corrected chi connectivity index (χ3v) is 4.89. The zero-order valence-corrected chi connectivity index (χ0v) is 11.1. The minimum Gasteiger partial charge on any atom is -0.368 e. The summed E-state index contributed by atoms with van der Waals surface area (Å²) in [6.07, 6.45) is 7.55. The molecule has 1 aliphatic heterocycles. The number of rotatable bonds is 6. The van der Waals surface area contributed by atoms with Crippen LogP contribution < -0.4 is 11.1 Å². The van der Waals surface area contributed by atoms with Gasteiger partial charge >= 0.3 is 0 Å². The summed E-state index contributed by atoms with van der Waals surface area (Å²) in [4.78, 5) is 13.9. The van der Waals surface area contributed by atoms with Crippen molar-refractivity contribution >= 4 is 5.91 Å². The molecule has 0 aromatic heterocycles. The van der Waals surface area contributed by atoms with Gasteiger partial charge in [0.2, 0.25) is 5.91 Å². The van der Waals surface area contributed by atoms with Gasteiger partial charge in [0.15, 0.2) is 0 Å². The molecule has 1 heterocycles. The normalized spacial score (nSPS) is 33.6. The number of carbonyl (C=O) groups is 1. The van der Waals surface area contributed by atoms with Crippen LogP contribution in [0.2, 0.25) is 0 Å². The highest BCUT2D eigenvalue weighted by atomic mass is 16.1. The van der Waals surface area contributed by atoms with Crippen molar-refractivity contribution in [1.29, 1.82) is 0 Å². The van der Waals surface area contributed by atoms with E-state index >= 15 is 0 Å². The second-order valence-electron chi connectivity index (χ2n) is 6.40. The fraction of sp³-hybridized carbons (Fsp3) is 0.929. The molecule has 1 amide bonds. The third kappa shape index (κ3) is 2.86. The molecule has 0 bridgehead atoms. The number of carbonyl (C=O) groups excluding carboxylic acids is 1. The van der Waals surface area contributed by atoms with Gasteiger partial charge in [-0.15, -0.1) is 0 Å². The molecule has 2 saturated carbocycles. The highest BCUT2D eigenvalue weighted by molar-refractivity contribution is 5.79. The van der Waals surface area contributed by atoms with Gasteiger partial charge in [0.1, 0.15) is 0 Å². The van der Waals surface area contributed by atoms with E-state index in [0.29, 0.717) is 6.04 Å². The molecule has 102 valence electrons. The molecular weight excluding hydrogens is 226 g/mol. The van der Waals surface area contributed by atoms with E-state index in [4.69, 9.17) is 5.73 Å². The van der Waals surface area contributed by atoms with Crippen molar-refractivity contribution in [1.82, 2.24) is 10.2 Å². The smallest absolute Gasteiger partial charge is 0.234 e. The van der Waals surface area contributed by atoms with Crippen molar-refractivity contribution in [2.45, 2.75) is 50.6 Å².